The third-order valence-corrected chi connectivity index (χ3v) is 5.53. The van der Waals surface area contributed by atoms with E-state index in [0.29, 0.717) is 0 Å². The van der Waals surface area contributed by atoms with Gasteiger partial charge in [0.2, 0.25) is 0 Å². The summed E-state index contributed by atoms with van der Waals surface area (Å²) >= 11 is 0. The number of aryl methyl sites for hydroxylation is 1. The molecular formula is C37H34Zr. The van der Waals surface area contributed by atoms with E-state index in [1.54, 1.807) is 0 Å². The van der Waals surface area contributed by atoms with Gasteiger partial charge in [-0.25, -0.2) is 0 Å². The molecule has 0 aliphatic rings. The van der Waals surface area contributed by atoms with Gasteiger partial charge in [0.15, 0.2) is 0 Å². The molecule has 0 spiro atoms. The van der Waals surface area contributed by atoms with E-state index >= 15 is 0 Å². The Morgan fingerprint density at radius 3 is 1.24 bits per heavy atom. The van der Waals surface area contributed by atoms with Crippen molar-refractivity contribution in [3.63, 3.8) is 0 Å². The van der Waals surface area contributed by atoms with Crippen LogP contribution in [0.4, 0.5) is 0 Å². The van der Waals surface area contributed by atoms with Gasteiger partial charge in [0.05, 0.1) is 0 Å². The number of hydrogen-bond acceptors (Lipinski definition) is 0. The fourth-order valence-electron chi connectivity index (χ4n) is 3.50. The van der Waals surface area contributed by atoms with Crippen molar-refractivity contribution in [2.24, 2.45) is 0 Å². The van der Waals surface area contributed by atoms with Crippen LogP contribution in [0.15, 0.2) is 152 Å². The molecule has 6 rings (SSSR count). The molecule has 0 saturated carbocycles. The third-order valence-electron chi connectivity index (χ3n) is 5.53. The second-order valence-corrected chi connectivity index (χ2v) is 8.70. The minimum atomic E-state index is 0. The van der Waals surface area contributed by atoms with Crippen LogP contribution in [0.2, 0.25) is 0 Å². The Bertz CT molecular complexity index is 1290. The molecule has 6 aromatic carbocycles. The SMILES string of the molecule is Cc1ccc(-c2cc3ccccc3[cH-]2)cc1.[CH2-]c1ccccc1.[CH2-]c1ccccc1.[CH2-]c1ccccc1.[Zr+4]. The van der Waals surface area contributed by atoms with Crippen LogP contribution in [0.3, 0.4) is 0 Å². The van der Waals surface area contributed by atoms with Gasteiger partial charge >= 0.3 is 26.2 Å². The van der Waals surface area contributed by atoms with Crippen LogP contribution in [0, 0.1) is 27.7 Å². The Morgan fingerprint density at radius 1 is 0.474 bits per heavy atom. The Morgan fingerprint density at radius 2 is 0.868 bits per heavy atom. The summed E-state index contributed by atoms with van der Waals surface area (Å²) in [6.45, 7) is 13.3. The fraction of sp³-hybridized carbons (Fsp3) is 0.0270. The van der Waals surface area contributed by atoms with Gasteiger partial charge in [0.25, 0.3) is 0 Å². The second kappa shape index (κ2) is 16.9. The maximum Gasteiger partial charge on any atom is 4.00 e. The minimum absolute atomic E-state index is 0. The number of fused-ring (bicyclic) bond motifs is 1. The maximum absolute atomic E-state index is 3.72. The maximum atomic E-state index is 3.72. The minimum Gasteiger partial charge on any atom is -0.199 e. The van der Waals surface area contributed by atoms with Crippen LogP contribution in [-0.2, 0) is 26.2 Å². The van der Waals surface area contributed by atoms with Gasteiger partial charge in [-0.3, -0.25) is 0 Å². The molecule has 0 atom stereocenters. The molecule has 38 heavy (non-hydrogen) atoms. The summed E-state index contributed by atoms with van der Waals surface area (Å²) in [6, 6.07) is 51.3. The smallest absolute Gasteiger partial charge is 0.199 e. The molecule has 0 saturated heterocycles. The van der Waals surface area contributed by atoms with Gasteiger partial charge < -0.3 is 0 Å². The molecule has 0 unspecified atom stereocenters. The summed E-state index contributed by atoms with van der Waals surface area (Å²) in [6.07, 6.45) is 0. The van der Waals surface area contributed by atoms with E-state index in [0.717, 1.165) is 16.7 Å². The topological polar surface area (TPSA) is 0 Å². The Kier molecular flexibility index (Phi) is 13.5. The van der Waals surface area contributed by atoms with Gasteiger partial charge in [-0.15, -0.1) is 70.9 Å². The Labute approximate surface area is 248 Å². The molecule has 0 nitrogen and oxygen atoms in total. The fourth-order valence-corrected chi connectivity index (χ4v) is 3.50. The normalized spacial score (nSPS) is 9.29. The average Bonchev–Trinajstić information content (AvgIpc) is 3.36. The second-order valence-electron chi connectivity index (χ2n) is 8.70. The monoisotopic (exact) mass is 568 g/mol. The van der Waals surface area contributed by atoms with Crippen LogP contribution >= 0.6 is 0 Å². The molecule has 0 aliphatic carbocycles. The zero-order valence-electron chi connectivity index (χ0n) is 22.1. The quantitative estimate of drug-likeness (QED) is 0.173. The van der Waals surface area contributed by atoms with Crippen LogP contribution in [0.1, 0.15) is 22.3 Å². The molecule has 0 amide bonds. The van der Waals surface area contributed by atoms with Crippen LogP contribution in [-0.4, -0.2) is 0 Å². The standard InChI is InChI=1S/C16H13.3C7H7.Zr/c1-12-6-8-13(9-7-12)16-10-14-4-2-3-5-15(14)11-16;3*1-7-5-3-2-4-6-7;/h2-11H,1H3;3*2-6H,1H2;/q4*-1;+4. The molecule has 186 valence electrons. The van der Waals surface area contributed by atoms with E-state index in [9.17, 15) is 0 Å². The molecule has 1 heteroatoms. The Balaban J connectivity index is 0.000000194. The summed E-state index contributed by atoms with van der Waals surface area (Å²) in [5.41, 5.74) is 7.12. The van der Waals surface area contributed by atoms with Crippen molar-refractivity contribution in [1.29, 1.82) is 0 Å². The van der Waals surface area contributed by atoms with Crippen molar-refractivity contribution >= 4 is 10.8 Å². The third kappa shape index (κ3) is 11.1. The largest absolute Gasteiger partial charge is 4.00 e. The molecule has 0 fully saturated rings. The van der Waals surface area contributed by atoms with E-state index in [1.807, 2.05) is 91.0 Å². The molecule has 0 aromatic heterocycles. The molecule has 0 bridgehead atoms. The molecule has 0 heterocycles. The van der Waals surface area contributed by atoms with Crippen molar-refractivity contribution in [3.8, 4) is 11.1 Å². The van der Waals surface area contributed by atoms with Crippen LogP contribution < -0.4 is 0 Å². The van der Waals surface area contributed by atoms with Crippen molar-refractivity contribution < 1.29 is 26.2 Å². The first-order valence-corrected chi connectivity index (χ1v) is 12.3. The molecule has 0 N–H and O–H groups in total. The van der Waals surface area contributed by atoms with Gasteiger partial charge in [0.1, 0.15) is 0 Å². The van der Waals surface area contributed by atoms with Gasteiger partial charge in [0, 0.05) is 0 Å². The summed E-state index contributed by atoms with van der Waals surface area (Å²) in [5.74, 6) is 0. The van der Waals surface area contributed by atoms with E-state index in [-0.39, 0.29) is 26.2 Å². The summed E-state index contributed by atoms with van der Waals surface area (Å²) in [7, 11) is 0. The van der Waals surface area contributed by atoms with Crippen LogP contribution in [0.5, 0.6) is 0 Å². The predicted molar refractivity (Wildman–Crippen MR) is 162 cm³/mol. The summed E-state index contributed by atoms with van der Waals surface area (Å²) in [4.78, 5) is 0. The first-order chi connectivity index (χ1) is 18.0. The van der Waals surface area contributed by atoms with Crippen molar-refractivity contribution in [1.82, 2.24) is 0 Å². The first kappa shape index (κ1) is 30.4. The summed E-state index contributed by atoms with van der Waals surface area (Å²) < 4.78 is 0. The van der Waals surface area contributed by atoms with Crippen molar-refractivity contribution in [2.75, 3.05) is 0 Å². The van der Waals surface area contributed by atoms with Gasteiger partial charge in [-0.2, -0.15) is 73.9 Å². The number of rotatable bonds is 1. The zero-order chi connectivity index (χ0) is 26.3. The molecular weight excluding hydrogens is 536 g/mol. The molecule has 0 aliphatic heterocycles. The van der Waals surface area contributed by atoms with Gasteiger partial charge in [-0.1, -0.05) is 71.8 Å². The van der Waals surface area contributed by atoms with E-state index < -0.39 is 0 Å². The van der Waals surface area contributed by atoms with Crippen molar-refractivity contribution in [2.45, 2.75) is 6.92 Å². The zero-order valence-corrected chi connectivity index (χ0v) is 24.5. The summed E-state index contributed by atoms with van der Waals surface area (Å²) in [5, 5.41) is 2.64. The van der Waals surface area contributed by atoms with Crippen molar-refractivity contribution in [3.05, 3.63) is 195 Å². The number of hydrogen-bond donors (Lipinski definition) is 0. The predicted octanol–water partition coefficient (Wildman–Crippen LogP) is 10.1. The van der Waals surface area contributed by atoms with E-state index in [4.69, 9.17) is 0 Å². The van der Waals surface area contributed by atoms with E-state index in [2.05, 4.69) is 88.4 Å². The molecule has 0 radical (unpaired) electrons. The first-order valence-electron chi connectivity index (χ1n) is 12.3. The van der Waals surface area contributed by atoms with E-state index in [1.165, 1.54) is 27.5 Å². The Hall–Kier alpha value is -3.80. The molecule has 6 aromatic rings. The average molecular weight is 570 g/mol. The van der Waals surface area contributed by atoms with Gasteiger partial charge in [-0.05, 0) is 6.92 Å². The number of benzene rings is 5. The van der Waals surface area contributed by atoms with Crippen LogP contribution in [0.25, 0.3) is 21.9 Å².